The first kappa shape index (κ1) is 11.1. The maximum Gasteiger partial charge on any atom is 0.230 e. The van der Waals surface area contributed by atoms with Crippen molar-refractivity contribution in [2.45, 2.75) is 25.2 Å². The van der Waals surface area contributed by atoms with E-state index in [-0.39, 0.29) is 0 Å². The van der Waals surface area contributed by atoms with Crippen molar-refractivity contribution < 1.29 is 4.52 Å². The fraction of sp³-hybridized carbons (Fsp3) is 0.500. The summed E-state index contributed by atoms with van der Waals surface area (Å²) >= 11 is 0. The zero-order chi connectivity index (χ0) is 12.7. The predicted molar refractivity (Wildman–Crippen MR) is 69.4 cm³/mol. The highest BCUT2D eigenvalue weighted by molar-refractivity contribution is 5.52. The van der Waals surface area contributed by atoms with Crippen LogP contribution in [0.25, 0.3) is 11.4 Å². The molecule has 1 saturated carbocycles. The first-order chi connectivity index (χ1) is 9.37. The van der Waals surface area contributed by atoms with Crippen molar-refractivity contribution in [3.05, 3.63) is 30.4 Å². The number of piperidine rings is 1. The van der Waals surface area contributed by atoms with Crippen molar-refractivity contribution in [3.63, 3.8) is 0 Å². The Bertz CT molecular complexity index is 574. The molecule has 3 heterocycles. The van der Waals surface area contributed by atoms with Crippen LogP contribution in [-0.2, 0) is 0 Å². The van der Waals surface area contributed by atoms with Gasteiger partial charge in [0.25, 0.3) is 0 Å². The van der Waals surface area contributed by atoms with Crippen LogP contribution in [0.4, 0.5) is 0 Å². The first-order valence-corrected chi connectivity index (χ1v) is 6.82. The minimum Gasteiger partial charge on any atom is -0.339 e. The summed E-state index contributed by atoms with van der Waals surface area (Å²) in [5.41, 5.74) is 1.40. The van der Waals surface area contributed by atoms with Crippen molar-refractivity contribution in [1.82, 2.24) is 20.4 Å². The van der Waals surface area contributed by atoms with Gasteiger partial charge in [0.2, 0.25) is 11.7 Å². The Hall–Kier alpha value is -1.75. The zero-order valence-electron chi connectivity index (χ0n) is 10.7. The third kappa shape index (κ3) is 1.85. The molecule has 2 fully saturated rings. The van der Waals surface area contributed by atoms with Crippen LogP contribution >= 0.6 is 0 Å². The van der Waals surface area contributed by atoms with E-state index < -0.39 is 0 Å². The summed E-state index contributed by atoms with van der Waals surface area (Å²) in [4.78, 5) is 8.57. The van der Waals surface area contributed by atoms with E-state index in [0.717, 1.165) is 24.5 Å². The van der Waals surface area contributed by atoms with E-state index in [1.807, 2.05) is 12.1 Å². The van der Waals surface area contributed by atoms with Crippen molar-refractivity contribution in [1.29, 1.82) is 0 Å². The number of aromatic nitrogens is 3. The molecule has 5 heteroatoms. The minimum atomic E-state index is 0.438. The van der Waals surface area contributed by atoms with E-state index in [9.17, 15) is 0 Å². The van der Waals surface area contributed by atoms with E-state index in [1.54, 1.807) is 12.4 Å². The fourth-order valence-electron chi connectivity index (χ4n) is 3.17. The van der Waals surface area contributed by atoms with Gasteiger partial charge in [-0.05, 0) is 49.9 Å². The van der Waals surface area contributed by atoms with E-state index in [0.29, 0.717) is 17.2 Å². The average Bonchev–Trinajstić information content (AvgIpc) is 2.96. The predicted octanol–water partition coefficient (Wildman–Crippen LogP) is 1.99. The van der Waals surface area contributed by atoms with Crippen LogP contribution in [-0.4, -0.2) is 28.2 Å². The molecule has 0 radical (unpaired) electrons. The number of rotatable bonds is 2. The SMILES string of the molecule is c1cc(-c2noc(C3CC34CCNCC4)n2)ccn1. The molecule has 1 N–H and O–H groups in total. The van der Waals surface area contributed by atoms with Gasteiger partial charge in [-0.25, -0.2) is 0 Å². The van der Waals surface area contributed by atoms with E-state index in [2.05, 4.69) is 20.4 Å². The average molecular weight is 256 g/mol. The number of hydrogen-bond acceptors (Lipinski definition) is 5. The summed E-state index contributed by atoms with van der Waals surface area (Å²) in [7, 11) is 0. The summed E-state index contributed by atoms with van der Waals surface area (Å²) in [6.07, 6.45) is 7.15. The lowest BCUT2D eigenvalue weighted by Crippen LogP contribution is -2.29. The third-order valence-corrected chi connectivity index (χ3v) is 4.47. The van der Waals surface area contributed by atoms with Gasteiger partial charge >= 0.3 is 0 Å². The quantitative estimate of drug-likeness (QED) is 0.890. The van der Waals surface area contributed by atoms with Crippen molar-refractivity contribution in [2.75, 3.05) is 13.1 Å². The van der Waals surface area contributed by atoms with Gasteiger partial charge in [0, 0.05) is 23.9 Å². The Morgan fingerprint density at radius 2 is 2.00 bits per heavy atom. The van der Waals surface area contributed by atoms with E-state index in [4.69, 9.17) is 4.52 Å². The van der Waals surface area contributed by atoms with E-state index >= 15 is 0 Å². The van der Waals surface area contributed by atoms with Crippen LogP contribution in [0.15, 0.2) is 29.0 Å². The topological polar surface area (TPSA) is 63.8 Å². The molecule has 0 amide bonds. The largest absolute Gasteiger partial charge is 0.339 e. The summed E-state index contributed by atoms with van der Waals surface area (Å²) in [6, 6.07) is 3.81. The van der Waals surface area contributed by atoms with Gasteiger partial charge in [-0.1, -0.05) is 5.16 Å². The Morgan fingerprint density at radius 3 is 2.79 bits per heavy atom. The van der Waals surface area contributed by atoms with Gasteiger partial charge in [0.1, 0.15) is 0 Å². The molecule has 1 aliphatic heterocycles. The molecule has 1 unspecified atom stereocenters. The van der Waals surface area contributed by atoms with Gasteiger partial charge in [-0.2, -0.15) is 4.98 Å². The van der Waals surface area contributed by atoms with Crippen molar-refractivity contribution in [3.8, 4) is 11.4 Å². The molecule has 2 aromatic rings. The Kier molecular flexibility index (Phi) is 2.41. The molecular weight excluding hydrogens is 240 g/mol. The van der Waals surface area contributed by atoms with Gasteiger partial charge in [-0.3, -0.25) is 4.98 Å². The summed E-state index contributed by atoms with van der Waals surface area (Å²) in [6.45, 7) is 2.23. The summed E-state index contributed by atoms with van der Waals surface area (Å²) in [5, 5.41) is 7.51. The second-order valence-electron chi connectivity index (χ2n) is 5.56. The summed E-state index contributed by atoms with van der Waals surface area (Å²) in [5.74, 6) is 1.96. The molecule has 19 heavy (non-hydrogen) atoms. The molecule has 5 nitrogen and oxygen atoms in total. The molecule has 0 bridgehead atoms. The number of nitrogens with one attached hydrogen (secondary N) is 1. The van der Waals surface area contributed by atoms with Crippen LogP contribution in [0, 0.1) is 5.41 Å². The number of pyridine rings is 1. The third-order valence-electron chi connectivity index (χ3n) is 4.47. The Balaban J connectivity index is 1.57. The monoisotopic (exact) mass is 256 g/mol. The smallest absolute Gasteiger partial charge is 0.230 e. The highest BCUT2D eigenvalue weighted by Crippen LogP contribution is 2.63. The van der Waals surface area contributed by atoms with Gasteiger partial charge < -0.3 is 9.84 Å². The molecule has 1 aliphatic carbocycles. The van der Waals surface area contributed by atoms with Crippen LogP contribution < -0.4 is 5.32 Å². The van der Waals surface area contributed by atoms with E-state index in [1.165, 1.54) is 19.3 Å². The highest BCUT2D eigenvalue weighted by atomic mass is 16.5. The number of hydrogen-bond donors (Lipinski definition) is 1. The molecule has 0 aromatic carbocycles. The second-order valence-corrected chi connectivity index (χ2v) is 5.56. The zero-order valence-corrected chi connectivity index (χ0v) is 10.7. The molecule has 4 rings (SSSR count). The number of nitrogens with zero attached hydrogens (tertiary/aromatic N) is 3. The lowest BCUT2D eigenvalue weighted by molar-refractivity contribution is 0.311. The van der Waals surface area contributed by atoms with Crippen molar-refractivity contribution in [2.24, 2.45) is 5.41 Å². The van der Waals surface area contributed by atoms with Crippen LogP contribution in [0.5, 0.6) is 0 Å². The normalized spacial score (nSPS) is 24.5. The molecule has 1 spiro atoms. The van der Waals surface area contributed by atoms with Crippen LogP contribution in [0.1, 0.15) is 31.1 Å². The lowest BCUT2D eigenvalue weighted by Gasteiger charge is -2.22. The highest BCUT2D eigenvalue weighted by Gasteiger charge is 2.57. The first-order valence-electron chi connectivity index (χ1n) is 6.82. The molecule has 1 saturated heterocycles. The maximum atomic E-state index is 5.47. The fourth-order valence-corrected chi connectivity index (χ4v) is 3.17. The second kappa shape index (κ2) is 4.13. The maximum absolute atomic E-state index is 5.47. The minimum absolute atomic E-state index is 0.438. The lowest BCUT2D eigenvalue weighted by atomic mass is 9.92. The molecule has 98 valence electrons. The van der Waals surface area contributed by atoms with Gasteiger partial charge in [-0.15, -0.1) is 0 Å². The molecule has 1 atom stereocenters. The summed E-state index contributed by atoms with van der Waals surface area (Å²) < 4.78 is 5.47. The van der Waals surface area contributed by atoms with Crippen LogP contribution in [0.3, 0.4) is 0 Å². The Labute approximate surface area is 111 Å². The van der Waals surface area contributed by atoms with Gasteiger partial charge in [0.15, 0.2) is 0 Å². The van der Waals surface area contributed by atoms with Crippen LogP contribution in [0.2, 0.25) is 0 Å². The molecule has 2 aliphatic rings. The van der Waals surface area contributed by atoms with Crippen molar-refractivity contribution >= 4 is 0 Å². The standard InChI is InChI=1S/C14H16N4O/c1-5-15-6-2-10(1)12-17-13(19-18-12)11-9-14(11)3-7-16-8-4-14/h1-2,5-6,11,16H,3-4,7-9H2. The van der Waals surface area contributed by atoms with Gasteiger partial charge in [0.05, 0.1) is 0 Å². The molecule has 2 aromatic heterocycles. The molecular formula is C14H16N4O. The Morgan fingerprint density at radius 1 is 1.21 bits per heavy atom.